The molecular formula is C15H17FN2O2. The number of nitrogens with one attached hydrogen (secondary N) is 1. The molecule has 2 aliphatic rings. The van der Waals surface area contributed by atoms with E-state index in [1.807, 2.05) is 4.90 Å². The summed E-state index contributed by atoms with van der Waals surface area (Å²) in [5.41, 5.74) is 1.02. The lowest BCUT2D eigenvalue weighted by atomic mass is 9.92. The molecule has 1 amide bonds. The van der Waals surface area contributed by atoms with Gasteiger partial charge in [0.15, 0.2) is 0 Å². The summed E-state index contributed by atoms with van der Waals surface area (Å²) in [5, 5.41) is 2.50. The normalized spacial score (nSPS) is 25.6. The average Bonchev–Trinajstić information content (AvgIpc) is 2.65. The Morgan fingerprint density at radius 2 is 2.05 bits per heavy atom. The second-order valence-electron chi connectivity index (χ2n) is 5.80. The number of hydrogen-bond donors (Lipinski definition) is 1. The van der Waals surface area contributed by atoms with Crippen molar-refractivity contribution in [2.45, 2.75) is 32.7 Å². The molecule has 5 heteroatoms. The highest BCUT2D eigenvalue weighted by molar-refractivity contribution is 6.51. The van der Waals surface area contributed by atoms with E-state index in [-0.39, 0.29) is 11.6 Å². The average molecular weight is 276 g/mol. The topological polar surface area (TPSA) is 49.4 Å². The van der Waals surface area contributed by atoms with E-state index in [9.17, 15) is 14.0 Å². The van der Waals surface area contributed by atoms with Gasteiger partial charge in [-0.1, -0.05) is 6.92 Å². The summed E-state index contributed by atoms with van der Waals surface area (Å²) in [7, 11) is 0. The minimum absolute atomic E-state index is 0.134. The molecule has 1 fully saturated rings. The van der Waals surface area contributed by atoms with Gasteiger partial charge < -0.3 is 10.2 Å². The third-order valence-electron chi connectivity index (χ3n) is 4.23. The third kappa shape index (κ3) is 1.97. The largest absolute Gasteiger partial charge is 0.366 e. The number of nitrogens with zero attached hydrogens (tertiary/aromatic N) is 1. The van der Waals surface area contributed by atoms with Crippen molar-refractivity contribution in [3.8, 4) is 0 Å². The Balaban J connectivity index is 1.98. The van der Waals surface area contributed by atoms with Crippen LogP contribution in [0.4, 0.5) is 15.8 Å². The van der Waals surface area contributed by atoms with Gasteiger partial charge in [-0.15, -0.1) is 0 Å². The van der Waals surface area contributed by atoms with Gasteiger partial charge in [0.05, 0.1) is 16.9 Å². The van der Waals surface area contributed by atoms with Crippen molar-refractivity contribution in [2.75, 3.05) is 16.8 Å². The fourth-order valence-corrected chi connectivity index (χ4v) is 3.14. The molecule has 4 nitrogen and oxygen atoms in total. The zero-order valence-corrected chi connectivity index (χ0v) is 11.6. The molecule has 0 bridgehead atoms. The summed E-state index contributed by atoms with van der Waals surface area (Å²) in [4.78, 5) is 24.9. The third-order valence-corrected chi connectivity index (χ3v) is 4.23. The first-order valence-electron chi connectivity index (χ1n) is 6.93. The number of amides is 1. The molecule has 1 N–H and O–H groups in total. The molecule has 0 saturated carbocycles. The molecular weight excluding hydrogens is 259 g/mol. The van der Waals surface area contributed by atoms with E-state index in [0.29, 0.717) is 17.3 Å². The maximum absolute atomic E-state index is 14.3. The molecule has 0 aromatic heterocycles. The van der Waals surface area contributed by atoms with Gasteiger partial charge in [0.1, 0.15) is 5.82 Å². The summed E-state index contributed by atoms with van der Waals surface area (Å²) >= 11 is 0. The highest BCUT2D eigenvalue weighted by Gasteiger charge is 2.32. The van der Waals surface area contributed by atoms with Crippen molar-refractivity contribution >= 4 is 23.1 Å². The van der Waals surface area contributed by atoms with Gasteiger partial charge in [-0.2, -0.15) is 0 Å². The van der Waals surface area contributed by atoms with E-state index in [0.717, 1.165) is 19.4 Å². The SMILES string of the molecule is CC1CCN(c2cc3c(cc2F)C(=O)C(=O)N3)C(C)C1. The summed E-state index contributed by atoms with van der Waals surface area (Å²) < 4.78 is 14.3. The lowest BCUT2D eigenvalue weighted by molar-refractivity contribution is -0.112. The number of carbonyl (C=O) groups excluding carboxylic acids is 2. The number of Topliss-reactive ketones (excluding diaryl/α,β-unsaturated/α-hetero) is 1. The number of hydrogen-bond acceptors (Lipinski definition) is 3. The van der Waals surface area contributed by atoms with E-state index >= 15 is 0 Å². The van der Waals surface area contributed by atoms with Gasteiger partial charge in [-0.25, -0.2) is 4.39 Å². The van der Waals surface area contributed by atoms with E-state index in [2.05, 4.69) is 19.2 Å². The maximum Gasteiger partial charge on any atom is 0.296 e. The van der Waals surface area contributed by atoms with E-state index < -0.39 is 17.5 Å². The molecule has 2 heterocycles. The number of rotatable bonds is 1. The van der Waals surface area contributed by atoms with Gasteiger partial charge in [-0.3, -0.25) is 9.59 Å². The molecule has 1 aromatic rings. The first-order chi connectivity index (χ1) is 9.47. The Labute approximate surface area is 117 Å². The van der Waals surface area contributed by atoms with E-state index in [4.69, 9.17) is 0 Å². The van der Waals surface area contributed by atoms with Gasteiger partial charge in [0, 0.05) is 12.6 Å². The monoisotopic (exact) mass is 276 g/mol. The van der Waals surface area contributed by atoms with Crippen LogP contribution >= 0.6 is 0 Å². The molecule has 2 aliphatic heterocycles. The molecule has 20 heavy (non-hydrogen) atoms. The van der Waals surface area contributed by atoms with Crippen LogP contribution in [0.5, 0.6) is 0 Å². The van der Waals surface area contributed by atoms with Crippen molar-refractivity contribution in [3.63, 3.8) is 0 Å². The lowest BCUT2D eigenvalue weighted by Crippen LogP contribution is -2.40. The van der Waals surface area contributed by atoms with Crippen molar-refractivity contribution in [1.82, 2.24) is 0 Å². The Bertz CT molecular complexity index is 600. The Kier molecular flexibility index (Phi) is 3.00. The van der Waals surface area contributed by atoms with Gasteiger partial charge in [0.25, 0.3) is 11.7 Å². The van der Waals surface area contributed by atoms with Crippen LogP contribution in [0.25, 0.3) is 0 Å². The summed E-state index contributed by atoms with van der Waals surface area (Å²) in [6.45, 7) is 5.07. The predicted octanol–water partition coefficient (Wildman–Crippen LogP) is 2.59. The smallest absolute Gasteiger partial charge is 0.296 e. The molecule has 1 aromatic carbocycles. The standard InChI is InChI=1S/C15H17FN2O2/c1-8-3-4-18(9(2)5-8)13-7-12-10(6-11(13)16)14(19)15(20)17-12/h6-9H,3-5H2,1-2H3,(H,17,19,20). The minimum atomic E-state index is -0.683. The van der Waals surface area contributed by atoms with Crippen LogP contribution in [0.1, 0.15) is 37.0 Å². The Morgan fingerprint density at radius 3 is 2.75 bits per heavy atom. The van der Waals surface area contributed by atoms with Crippen LogP contribution in [-0.2, 0) is 4.79 Å². The zero-order valence-electron chi connectivity index (χ0n) is 11.6. The van der Waals surface area contributed by atoms with Crippen LogP contribution in [-0.4, -0.2) is 24.3 Å². The van der Waals surface area contributed by atoms with E-state index in [1.165, 1.54) is 6.07 Å². The predicted molar refractivity (Wildman–Crippen MR) is 74.6 cm³/mol. The molecule has 0 radical (unpaired) electrons. The molecule has 2 atom stereocenters. The lowest BCUT2D eigenvalue weighted by Gasteiger charge is -2.38. The second kappa shape index (κ2) is 4.58. The molecule has 0 spiro atoms. The van der Waals surface area contributed by atoms with E-state index in [1.54, 1.807) is 6.07 Å². The van der Waals surface area contributed by atoms with Crippen LogP contribution in [0, 0.1) is 11.7 Å². The van der Waals surface area contributed by atoms with Crippen LogP contribution in [0.15, 0.2) is 12.1 Å². The summed E-state index contributed by atoms with van der Waals surface area (Å²) in [6, 6.07) is 3.01. The Morgan fingerprint density at radius 1 is 1.30 bits per heavy atom. The number of ketones is 1. The number of carbonyl (C=O) groups is 2. The first kappa shape index (κ1) is 13.1. The molecule has 106 valence electrons. The van der Waals surface area contributed by atoms with Crippen molar-refractivity contribution in [3.05, 3.63) is 23.5 Å². The summed E-state index contributed by atoms with van der Waals surface area (Å²) in [5.74, 6) is -1.14. The van der Waals surface area contributed by atoms with Gasteiger partial charge >= 0.3 is 0 Å². The highest BCUT2D eigenvalue weighted by Crippen LogP contribution is 2.35. The number of halogens is 1. The van der Waals surface area contributed by atoms with Crippen molar-refractivity contribution in [1.29, 1.82) is 0 Å². The molecule has 0 aliphatic carbocycles. The van der Waals surface area contributed by atoms with Crippen LogP contribution in [0.2, 0.25) is 0 Å². The second-order valence-corrected chi connectivity index (χ2v) is 5.80. The number of anilines is 2. The minimum Gasteiger partial charge on any atom is -0.366 e. The van der Waals surface area contributed by atoms with Gasteiger partial charge in [-0.05, 0) is 37.8 Å². The summed E-state index contributed by atoms with van der Waals surface area (Å²) in [6.07, 6.45) is 2.04. The highest BCUT2D eigenvalue weighted by atomic mass is 19.1. The van der Waals surface area contributed by atoms with Crippen LogP contribution in [0.3, 0.4) is 0 Å². The first-order valence-corrected chi connectivity index (χ1v) is 6.93. The Hall–Kier alpha value is -1.91. The van der Waals surface area contributed by atoms with Crippen molar-refractivity contribution in [2.24, 2.45) is 5.92 Å². The molecule has 3 rings (SSSR count). The molecule has 1 saturated heterocycles. The number of piperidine rings is 1. The zero-order chi connectivity index (χ0) is 14.4. The van der Waals surface area contributed by atoms with Crippen molar-refractivity contribution < 1.29 is 14.0 Å². The number of fused-ring (bicyclic) bond motifs is 1. The number of benzene rings is 1. The van der Waals surface area contributed by atoms with Crippen LogP contribution < -0.4 is 10.2 Å². The quantitative estimate of drug-likeness (QED) is 0.802. The fraction of sp³-hybridized carbons (Fsp3) is 0.467. The fourth-order valence-electron chi connectivity index (χ4n) is 3.14. The molecule has 2 unspecified atom stereocenters. The maximum atomic E-state index is 14.3. The van der Waals surface area contributed by atoms with Gasteiger partial charge in [0.2, 0.25) is 0 Å².